The second-order valence-electron chi connectivity index (χ2n) is 7.59. The predicted octanol–water partition coefficient (Wildman–Crippen LogP) is 5.31. The number of para-hydroxylation sites is 1. The van der Waals surface area contributed by atoms with E-state index in [-0.39, 0.29) is 12.5 Å². The summed E-state index contributed by atoms with van der Waals surface area (Å²) in [4.78, 5) is 12.1. The van der Waals surface area contributed by atoms with Gasteiger partial charge in [0.1, 0.15) is 5.75 Å². The van der Waals surface area contributed by atoms with Crippen molar-refractivity contribution in [2.45, 2.75) is 52.4 Å². The molecule has 0 aromatic heterocycles. The highest BCUT2D eigenvalue weighted by Gasteiger charge is 2.09. The SMILES string of the molecule is CCCCCCOc1ccc(/C=N/NC(=O)COc2ccccc2C(C)C)cc1OC. The molecule has 1 N–H and O–H groups in total. The number of rotatable bonds is 13. The molecule has 0 unspecified atom stereocenters. The van der Waals surface area contributed by atoms with Gasteiger partial charge in [-0.15, -0.1) is 0 Å². The molecule has 0 heterocycles. The second-order valence-corrected chi connectivity index (χ2v) is 7.59. The lowest BCUT2D eigenvalue weighted by atomic mass is 10.0. The summed E-state index contributed by atoms with van der Waals surface area (Å²) >= 11 is 0. The van der Waals surface area contributed by atoms with E-state index in [4.69, 9.17) is 14.2 Å². The molecule has 0 radical (unpaired) electrons. The number of hydrogen-bond donors (Lipinski definition) is 1. The lowest BCUT2D eigenvalue weighted by molar-refractivity contribution is -0.123. The largest absolute Gasteiger partial charge is 0.493 e. The van der Waals surface area contributed by atoms with Gasteiger partial charge in [-0.25, -0.2) is 5.43 Å². The first-order valence-electron chi connectivity index (χ1n) is 10.9. The molecule has 2 aromatic rings. The zero-order valence-corrected chi connectivity index (χ0v) is 19.0. The van der Waals surface area contributed by atoms with Gasteiger partial charge in [0.05, 0.1) is 19.9 Å². The van der Waals surface area contributed by atoms with Crippen LogP contribution in [0.4, 0.5) is 0 Å². The van der Waals surface area contributed by atoms with Gasteiger partial charge in [0, 0.05) is 0 Å². The maximum Gasteiger partial charge on any atom is 0.277 e. The summed E-state index contributed by atoms with van der Waals surface area (Å²) < 4.78 is 16.9. The number of unbranched alkanes of at least 4 members (excludes halogenated alkanes) is 3. The molecule has 0 fully saturated rings. The second kappa shape index (κ2) is 13.3. The molecule has 0 saturated heterocycles. The summed E-state index contributed by atoms with van der Waals surface area (Å²) in [6.07, 6.45) is 6.17. The third-order valence-corrected chi connectivity index (χ3v) is 4.75. The molecule has 0 atom stereocenters. The Bertz CT molecular complexity index is 849. The minimum Gasteiger partial charge on any atom is -0.493 e. The van der Waals surface area contributed by atoms with E-state index in [1.165, 1.54) is 12.8 Å². The monoisotopic (exact) mass is 426 g/mol. The Balaban J connectivity index is 1.84. The van der Waals surface area contributed by atoms with Crippen LogP contribution in [0.25, 0.3) is 0 Å². The first-order valence-corrected chi connectivity index (χ1v) is 10.9. The predicted molar refractivity (Wildman–Crippen MR) is 124 cm³/mol. The summed E-state index contributed by atoms with van der Waals surface area (Å²) in [6.45, 7) is 6.92. The minimum atomic E-state index is -0.325. The number of ether oxygens (including phenoxy) is 3. The Morgan fingerprint density at radius 3 is 2.58 bits per heavy atom. The average Bonchev–Trinajstić information content (AvgIpc) is 2.78. The van der Waals surface area contributed by atoms with Crippen molar-refractivity contribution in [3.05, 3.63) is 53.6 Å². The fourth-order valence-corrected chi connectivity index (χ4v) is 3.04. The number of hydrazone groups is 1. The van der Waals surface area contributed by atoms with E-state index in [1.54, 1.807) is 13.3 Å². The van der Waals surface area contributed by atoms with E-state index in [2.05, 4.69) is 31.3 Å². The van der Waals surface area contributed by atoms with Gasteiger partial charge in [0.25, 0.3) is 5.91 Å². The van der Waals surface area contributed by atoms with Crippen LogP contribution < -0.4 is 19.6 Å². The molecule has 0 saturated carbocycles. The molecule has 2 rings (SSSR count). The van der Waals surface area contributed by atoms with Crippen molar-refractivity contribution in [1.82, 2.24) is 5.43 Å². The molecule has 1 amide bonds. The molecule has 0 bridgehead atoms. The van der Waals surface area contributed by atoms with Gasteiger partial charge in [-0.2, -0.15) is 5.10 Å². The van der Waals surface area contributed by atoms with Gasteiger partial charge in [-0.1, -0.05) is 58.2 Å². The first kappa shape index (κ1) is 24.3. The zero-order valence-electron chi connectivity index (χ0n) is 19.0. The molecule has 6 heteroatoms. The fourth-order valence-electron chi connectivity index (χ4n) is 3.04. The van der Waals surface area contributed by atoms with E-state index in [1.807, 2.05) is 42.5 Å². The summed E-state index contributed by atoms with van der Waals surface area (Å²) in [6, 6.07) is 13.3. The maximum absolute atomic E-state index is 12.1. The highest BCUT2D eigenvalue weighted by Crippen LogP contribution is 2.28. The Morgan fingerprint density at radius 1 is 1.03 bits per heavy atom. The normalized spacial score (nSPS) is 11.0. The molecule has 0 aliphatic heterocycles. The van der Waals surface area contributed by atoms with E-state index < -0.39 is 0 Å². The van der Waals surface area contributed by atoms with Crippen molar-refractivity contribution in [1.29, 1.82) is 0 Å². The van der Waals surface area contributed by atoms with Crippen LogP contribution in [-0.2, 0) is 4.79 Å². The molecule has 168 valence electrons. The van der Waals surface area contributed by atoms with E-state index >= 15 is 0 Å². The van der Waals surface area contributed by atoms with E-state index in [0.717, 1.165) is 24.0 Å². The molecular weight excluding hydrogens is 392 g/mol. The standard InChI is InChI=1S/C25H34N2O4/c1-5-6-7-10-15-30-23-14-13-20(16-24(23)29-4)17-26-27-25(28)18-31-22-12-9-8-11-21(22)19(2)3/h8-9,11-14,16-17,19H,5-7,10,15,18H2,1-4H3,(H,27,28)/b26-17+. The Hall–Kier alpha value is -3.02. The van der Waals surface area contributed by atoms with Gasteiger partial charge in [0.15, 0.2) is 18.1 Å². The van der Waals surface area contributed by atoms with Crippen molar-refractivity contribution < 1.29 is 19.0 Å². The summed E-state index contributed by atoms with van der Waals surface area (Å²) in [5.74, 6) is 2.05. The third kappa shape index (κ3) is 8.32. The summed E-state index contributed by atoms with van der Waals surface area (Å²) in [5, 5.41) is 4.01. The fraction of sp³-hybridized carbons (Fsp3) is 0.440. The molecule has 2 aromatic carbocycles. The Morgan fingerprint density at radius 2 is 1.84 bits per heavy atom. The molecule has 0 aliphatic rings. The van der Waals surface area contributed by atoms with Crippen molar-refractivity contribution in [2.24, 2.45) is 5.10 Å². The van der Waals surface area contributed by atoms with Crippen LogP contribution in [0.2, 0.25) is 0 Å². The third-order valence-electron chi connectivity index (χ3n) is 4.75. The maximum atomic E-state index is 12.1. The van der Waals surface area contributed by atoms with Crippen LogP contribution in [0.15, 0.2) is 47.6 Å². The molecule has 31 heavy (non-hydrogen) atoms. The molecule has 0 spiro atoms. The number of nitrogens with zero attached hydrogens (tertiary/aromatic N) is 1. The zero-order chi connectivity index (χ0) is 22.5. The topological polar surface area (TPSA) is 69.2 Å². The van der Waals surface area contributed by atoms with Crippen LogP contribution in [0.3, 0.4) is 0 Å². The quantitative estimate of drug-likeness (QED) is 0.268. The molecular formula is C25H34N2O4. The van der Waals surface area contributed by atoms with Crippen molar-refractivity contribution in [2.75, 3.05) is 20.3 Å². The van der Waals surface area contributed by atoms with E-state index in [0.29, 0.717) is 29.8 Å². The van der Waals surface area contributed by atoms with Gasteiger partial charge >= 0.3 is 0 Å². The van der Waals surface area contributed by atoms with Crippen LogP contribution in [0.5, 0.6) is 17.2 Å². The number of nitrogens with one attached hydrogen (secondary N) is 1. The number of hydrogen-bond acceptors (Lipinski definition) is 5. The number of amides is 1. The number of methoxy groups -OCH3 is 1. The number of carbonyl (C=O) groups is 1. The molecule has 0 aliphatic carbocycles. The van der Waals surface area contributed by atoms with Gasteiger partial charge in [-0.05, 0) is 47.7 Å². The van der Waals surface area contributed by atoms with Gasteiger partial charge in [-0.3, -0.25) is 4.79 Å². The number of benzene rings is 2. The van der Waals surface area contributed by atoms with Crippen LogP contribution >= 0.6 is 0 Å². The number of carbonyl (C=O) groups excluding carboxylic acids is 1. The van der Waals surface area contributed by atoms with Crippen molar-refractivity contribution >= 4 is 12.1 Å². The Kier molecular flexibility index (Phi) is 10.4. The lowest BCUT2D eigenvalue weighted by Crippen LogP contribution is -2.24. The average molecular weight is 427 g/mol. The van der Waals surface area contributed by atoms with Crippen LogP contribution in [-0.4, -0.2) is 32.4 Å². The molecule has 6 nitrogen and oxygen atoms in total. The van der Waals surface area contributed by atoms with E-state index in [9.17, 15) is 4.79 Å². The Labute approximate surface area is 185 Å². The van der Waals surface area contributed by atoms with Gasteiger partial charge in [0.2, 0.25) is 0 Å². The summed E-state index contributed by atoms with van der Waals surface area (Å²) in [5.41, 5.74) is 4.35. The van der Waals surface area contributed by atoms with Crippen LogP contribution in [0, 0.1) is 0 Å². The highest BCUT2D eigenvalue weighted by atomic mass is 16.5. The first-order chi connectivity index (χ1) is 15.0. The smallest absolute Gasteiger partial charge is 0.277 e. The lowest BCUT2D eigenvalue weighted by Gasteiger charge is -2.13. The van der Waals surface area contributed by atoms with Crippen molar-refractivity contribution in [3.63, 3.8) is 0 Å². The van der Waals surface area contributed by atoms with Gasteiger partial charge < -0.3 is 14.2 Å². The minimum absolute atomic E-state index is 0.102. The van der Waals surface area contributed by atoms with Crippen molar-refractivity contribution in [3.8, 4) is 17.2 Å². The summed E-state index contributed by atoms with van der Waals surface area (Å²) in [7, 11) is 1.61. The van der Waals surface area contributed by atoms with Crippen LogP contribution in [0.1, 0.15) is 63.5 Å². The highest BCUT2D eigenvalue weighted by molar-refractivity contribution is 5.83.